The van der Waals surface area contributed by atoms with E-state index in [2.05, 4.69) is 10.3 Å². The van der Waals surface area contributed by atoms with Crippen LogP contribution >= 0.6 is 36.4 Å². The zero-order chi connectivity index (χ0) is 13.8. The van der Waals surface area contributed by atoms with E-state index in [1.165, 1.54) is 0 Å². The number of rotatable bonds is 4. The fourth-order valence-corrected chi connectivity index (χ4v) is 1.95. The third kappa shape index (κ3) is 5.00. The molecule has 1 aromatic carbocycles. The van der Waals surface area contributed by atoms with Crippen LogP contribution in [-0.2, 0) is 0 Å². The van der Waals surface area contributed by atoms with Gasteiger partial charge in [-0.3, -0.25) is 4.79 Å². The largest absolute Gasteiger partial charge is 0.339 e. The monoisotopic (exact) mass is 349 g/mol. The summed E-state index contributed by atoms with van der Waals surface area (Å²) in [5.41, 5.74) is 1.17. The first kappa shape index (κ1) is 19.9. The van der Waals surface area contributed by atoms with Crippen LogP contribution in [0.4, 0.5) is 0 Å². The number of halogens is 3. The van der Waals surface area contributed by atoms with Gasteiger partial charge in [-0.1, -0.05) is 23.7 Å². The molecular weight excluding hydrogens is 333 g/mol. The number of carbonyl (C=O) groups excluding carboxylic acids is 1. The number of fused-ring (bicyclic) bond motifs is 1. The molecule has 1 aromatic heterocycles. The van der Waals surface area contributed by atoms with Gasteiger partial charge in [-0.2, -0.15) is 0 Å². The molecule has 0 bridgehead atoms. The van der Waals surface area contributed by atoms with Crippen LogP contribution < -0.4 is 5.32 Å². The first-order chi connectivity index (χ1) is 9.11. The molecule has 0 aliphatic carbocycles. The highest BCUT2D eigenvalue weighted by atomic mass is 35.5. The highest BCUT2D eigenvalue weighted by Crippen LogP contribution is 2.18. The van der Waals surface area contributed by atoms with E-state index in [1.807, 2.05) is 25.2 Å². The Balaban J connectivity index is 0.00000200. The Bertz CT molecular complexity index is 607. The Morgan fingerprint density at radius 2 is 1.95 bits per heavy atom. The molecule has 21 heavy (non-hydrogen) atoms. The number of pyridine rings is 1. The number of hydrogen-bond donors (Lipinski definition) is 1. The van der Waals surface area contributed by atoms with Crippen molar-refractivity contribution in [1.29, 1.82) is 0 Å². The van der Waals surface area contributed by atoms with Gasteiger partial charge in [0.25, 0.3) is 5.91 Å². The Kier molecular flexibility index (Phi) is 8.59. The van der Waals surface area contributed by atoms with E-state index in [0.717, 1.165) is 17.4 Å². The lowest BCUT2D eigenvalue weighted by Gasteiger charge is -2.16. The second-order valence-corrected chi connectivity index (χ2v) is 4.80. The molecule has 2 aromatic rings. The van der Waals surface area contributed by atoms with Crippen LogP contribution in [0.15, 0.2) is 30.3 Å². The van der Waals surface area contributed by atoms with Crippen molar-refractivity contribution in [3.05, 3.63) is 41.0 Å². The number of likely N-dealkylation sites (N-methyl/N-ethyl adjacent to an activating group) is 2. The molecule has 0 atom stereocenters. The van der Waals surface area contributed by atoms with E-state index < -0.39 is 0 Å². The maximum atomic E-state index is 12.2. The molecule has 0 fully saturated rings. The van der Waals surface area contributed by atoms with Crippen molar-refractivity contribution < 1.29 is 4.79 Å². The van der Waals surface area contributed by atoms with E-state index in [9.17, 15) is 4.79 Å². The summed E-state index contributed by atoms with van der Waals surface area (Å²) in [7, 11) is 3.62. The van der Waals surface area contributed by atoms with Crippen molar-refractivity contribution in [3.8, 4) is 0 Å². The Morgan fingerprint density at radius 3 is 2.62 bits per heavy atom. The fraction of sp³-hybridized carbons (Fsp3) is 0.286. The summed E-state index contributed by atoms with van der Waals surface area (Å²) >= 11 is 5.94. The van der Waals surface area contributed by atoms with Gasteiger partial charge in [0, 0.05) is 30.5 Å². The molecule has 0 saturated heterocycles. The molecular formula is C14H18Cl3N3O. The number of benzene rings is 1. The second kappa shape index (κ2) is 9.05. The van der Waals surface area contributed by atoms with Gasteiger partial charge in [0.05, 0.1) is 5.52 Å². The lowest BCUT2D eigenvalue weighted by Crippen LogP contribution is -2.33. The second-order valence-electron chi connectivity index (χ2n) is 4.36. The average molecular weight is 351 g/mol. The molecule has 0 aliphatic heterocycles. The Morgan fingerprint density at radius 1 is 1.29 bits per heavy atom. The molecule has 0 radical (unpaired) electrons. The van der Waals surface area contributed by atoms with E-state index in [4.69, 9.17) is 11.6 Å². The third-order valence-electron chi connectivity index (χ3n) is 2.92. The maximum absolute atomic E-state index is 12.2. The summed E-state index contributed by atoms with van der Waals surface area (Å²) in [6.45, 7) is 1.40. The van der Waals surface area contributed by atoms with Gasteiger partial charge in [0.2, 0.25) is 0 Å². The molecule has 2 rings (SSSR count). The Labute approximate surface area is 141 Å². The maximum Gasteiger partial charge on any atom is 0.272 e. The highest BCUT2D eigenvalue weighted by molar-refractivity contribution is 6.31. The minimum Gasteiger partial charge on any atom is -0.339 e. The smallest absolute Gasteiger partial charge is 0.272 e. The average Bonchev–Trinajstić information content (AvgIpc) is 2.43. The summed E-state index contributed by atoms with van der Waals surface area (Å²) in [5.74, 6) is -0.0860. The predicted molar refractivity (Wildman–Crippen MR) is 92.1 cm³/mol. The lowest BCUT2D eigenvalue weighted by molar-refractivity contribution is 0.0791. The number of nitrogens with one attached hydrogen (secondary N) is 1. The SMILES string of the molecule is CNCCN(C)C(=O)c1ccc2ccc(Cl)cc2n1.Cl.Cl. The summed E-state index contributed by atoms with van der Waals surface area (Å²) in [6.07, 6.45) is 0. The van der Waals surface area contributed by atoms with Crippen LogP contribution in [-0.4, -0.2) is 43.0 Å². The minimum atomic E-state index is -0.0860. The van der Waals surface area contributed by atoms with Gasteiger partial charge >= 0.3 is 0 Å². The van der Waals surface area contributed by atoms with E-state index in [-0.39, 0.29) is 30.7 Å². The topological polar surface area (TPSA) is 45.2 Å². The standard InChI is InChI=1S/C14H16ClN3O.2ClH/c1-16-7-8-18(2)14(19)12-6-4-10-3-5-11(15)9-13(10)17-12;;/h3-6,9,16H,7-8H2,1-2H3;2*1H. The molecule has 0 aliphatic rings. The molecule has 1 N–H and O–H groups in total. The number of carbonyl (C=O) groups is 1. The van der Waals surface area contributed by atoms with Crippen LogP contribution in [0.2, 0.25) is 5.02 Å². The predicted octanol–water partition coefficient (Wildman–Crippen LogP) is 3.02. The molecule has 116 valence electrons. The zero-order valence-corrected chi connectivity index (χ0v) is 14.2. The van der Waals surface area contributed by atoms with Crippen molar-refractivity contribution in [2.45, 2.75) is 0 Å². The van der Waals surface area contributed by atoms with Crippen LogP contribution in [0.25, 0.3) is 10.9 Å². The fourth-order valence-electron chi connectivity index (χ4n) is 1.79. The third-order valence-corrected chi connectivity index (χ3v) is 3.15. The van der Waals surface area contributed by atoms with Crippen molar-refractivity contribution in [1.82, 2.24) is 15.2 Å². The number of aromatic nitrogens is 1. The molecule has 0 unspecified atom stereocenters. The first-order valence-corrected chi connectivity index (χ1v) is 6.46. The van der Waals surface area contributed by atoms with Crippen LogP contribution in [0.3, 0.4) is 0 Å². The molecule has 0 saturated carbocycles. The summed E-state index contributed by atoms with van der Waals surface area (Å²) in [5, 5.41) is 4.60. The van der Waals surface area contributed by atoms with Gasteiger partial charge in [-0.05, 0) is 25.2 Å². The minimum absolute atomic E-state index is 0. The van der Waals surface area contributed by atoms with Gasteiger partial charge in [-0.25, -0.2) is 4.98 Å². The highest BCUT2D eigenvalue weighted by Gasteiger charge is 2.13. The number of nitrogens with zero attached hydrogens (tertiary/aromatic N) is 2. The molecule has 0 spiro atoms. The summed E-state index contributed by atoms with van der Waals surface area (Å²) in [4.78, 5) is 18.2. The Hall–Kier alpha value is -1.07. The zero-order valence-electron chi connectivity index (χ0n) is 11.8. The molecule has 7 heteroatoms. The van der Waals surface area contributed by atoms with Crippen molar-refractivity contribution >= 4 is 53.2 Å². The summed E-state index contributed by atoms with van der Waals surface area (Å²) < 4.78 is 0. The number of amides is 1. The van der Waals surface area contributed by atoms with Crippen molar-refractivity contribution in [2.24, 2.45) is 0 Å². The number of hydrogen-bond acceptors (Lipinski definition) is 3. The van der Waals surface area contributed by atoms with Crippen LogP contribution in [0.5, 0.6) is 0 Å². The van der Waals surface area contributed by atoms with E-state index in [1.54, 1.807) is 24.1 Å². The quantitative estimate of drug-likeness (QED) is 0.922. The van der Waals surface area contributed by atoms with Gasteiger partial charge in [0.1, 0.15) is 5.69 Å². The van der Waals surface area contributed by atoms with Crippen molar-refractivity contribution in [3.63, 3.8) is 0 Å². The van der Waals surface area contributed by atoms with Crippen LogP contribution in [0.1, 0.15) is 10.5 Å². The van der Waals surface area contributed by atoms with Crippen LogP contribution in [0, 0.1) is 0 Å². The molecule has 1 amide bonds. The van der Waals surface area contributed by atoms with Gasteiger partial charge < -0.3 is 10.2 Å². The lowest BCUT2D eigenvalue weighted by atomic mass is 10.2. The van der Waals surface area contributed by atoms with Crippen molar-refractivity contribution in [2.75, 3.05) is 27.2 Å². The summed E-state index contributed by atoms with van der Waals surface area (Å²) in [6, 6.07) is 9.10. The first-order valence-electron chi connectivity index (χ1n) is 6.08. The van der Waals surface area contributed by atoms with E-state index in [0.29, 0.717) is 17.3 Å². The molecule has 4 nitrogen and oxygen atoms in total. The van der Waals surface area contributed by atoms with Gasteiger partial charge in [0.15, 0.2) is 0 Å². The van der Waals surface area contributed by atoms with E-state index >= 15 is 0 Å². The molecule has 1 heterocycles. The van der Waals surface area contributed by atoms with Gasteiger partial charge in [-0.15, -0.1) is 24.8 Å². The normalized spacial score (nSPS) is 9.67.